The molecule has 7 nitrogen and oxygen atoms in total. The third-order valence-electron chi connectivity index (χ3n) is 3.04. The molecule has 1 heterocycles. The number of benzene rings is 1. The van der Waals surface area contributed by atoms with Crippen molar-refractivity contribution in [2.75, 3.05) is 5.32 Å². The van der Waals surface area contributed by atoms with Crippen LogP contribution in [0.4, 0.5) is 10.5 Å². The number of rotatable bonds is 4. The van der Waals surface area contributed by atoms with E-state index in [-0.39, 0.29) is 35.1 Å². The normalized spacial score (nSPS) is 11.5. The number of aryl methyl sites for hydroxylation is 1. The first-order valence-electron chi connectivity index (χ1n) is 6.75. The summed E-state index contributed by atoms with van der Waals surface area (Å²) in [7, 11) is -4.29. The van der Waals surface area contributed by atoms with Crippen LogP contribution in [-0.4, -0.2) is 19.6 Å². The van der Waals surface area contributed by atoms with Gasteiger partial charge < -0.3 is 19.6 Å². The van der Waals surface area contributed by atoms with Gasteiger partial charge >= 0.3 is 29.6 Å². The largest absolute Gasteiger partial charge is 1.00 e. The van der Waals surface area contributed by atoms with Gasteiger partial charge in [0.25, 0.3) is 0 Å². The Morgan fingerprint density at radius 2 is 1.83 bits per heavy atom. The van der Waals surface area contributed by atoms with Gasteiger partial charge in [-0.2, -0.15) is 0 Å². The molecule has 0 aliphatic rings. The van der Waals surface area contributed by atoms with Crippen LogP contribution in [0.5, 0.6) is 0 Å². The number of aliphatic hydroxyl groups is 1. The standard InChI is InChI=1S/C15H18N2O5S.Na/c1-10-4-6-12(7-5-10)16-14(18)17-23(20,21)13-8-11(9-22-13)15(2,3)19;/h4-9,19H,1-3H3,(H2,16,17,18);/q;+1/p-1. The summed E-state index contributed by atoms with van der Waals surface area (Å²) in [4.78, 5) is 11.7. The first-order valence-corrected chi connectivity index (χ1v) is 8.19. The fourth-order valence-electron chi connectivity index (χ4n) is 1.71. The van der Waals surface area contributed by atoms with Crippen molar-refractivity contribution >= 4 is 21.7 Å². The summed E-state index contributed by atoms with van der Waals surface area (Å²) in [6, 6.07) is 6.91. The minimum atomic E-state index is -4.29. The van der Waals surface area contributed by atoms with Gasteiger partial charge in [-0.25, -0.2) is 8.42 Å². The summed E-state index contributed by atoms with van der Waals surface area (Å²) in [6.07, 6.45) is 1.11. The zero-order valence-corrected chi connectivity index (χ0v) is 16.7. The van der Waals surface area contributed by atoms with Gasteiger partial charge in [0, 0.05) is 11.6 Å². The maximum absolute atomic E-state index is 12.0. The number of urea groups is 1. The number of carbonyl (C=O) groups is 1. The van der Waals surface area contributed by atoms with Crippen molar-refractivity contribution in [1.29, 1.82) is 0 Å². The predicted octanol–water partition coefficient (Wildman–Crippen LogP) is 0.114. The van der Waals surface area contributed by atoms with Crippen LogP contribution >= 0.6 is 0 Å². The average Bonchev–Trinajstić information content (AvgIpc) is 2.91. The van der Waals surface area contributed by atoms with Gasteiger partial charge in [0.05, 0.1) is 11.9 Å². The first kappa shape index (κ1) is 20.7. The molecule has 0 aliphatic heterocycles. The molecular weight excluding hydrogens is 343 g/mol. The van der Waals surface area contributed by atoms with Crippen molar-refractivity contribution in [3.8, 4) is 0 Å². The van der Waals surface area contributed by atoms with E-state index in [1.165, 1.54) is 13.8 Å². The molecule has 0 radical (unpaired) electrons. The first-order chi connectivity index (χ1) is 10.6. The van der Waals surface area contributed by atoms with Crippen LogP contribution < -0.4 is 34.9 Å². The Labute approximate surface area is 162 Å². The van der Waals surface area contributed by atoms with Crippen molar-refractivity contribution in [2.24, 2.45) is 0 Å². The monoisotopic (exact) mass is 360 g/mol. The van der Waals surface area contributed by atoms with Gasteiger partial charge in [0.2, 0.25) is 15.1 Å². The van der Waals surface area contributed by atoms with Gasteiger partial charge in [0.1, 0.15) is 0 Å². The Morgan fingerprint density at radius 3 is 2.33 bits per heavy atom. The Kier molecular flexibility index (Phi) is 6.66. The number of carbonyl (C=O) groups excluding carboxylic acids is 1. The van der Waals surface area contributed by atoms with Crippen molar-refractivity contribution in [3.63, 3.8) is 0 Å². The summed E-state index contributed by atoms with van der Waals surface area (Å²) < 4.78 is 32.1. The number of furan rings is 1. The maximum Gasteiger partial charge on any atom is 1.00 e. The van der Waals surface area contributed by atoms with Crippen molar-refractivity contribution in [1.82, 2.24) is 0 Å². The van der Waals surface area contributed by atoms with E-state index < -0.39 is 26.7 Å². The van der Waals surface area contributed by atoms with Crippen LogP contribution in [0.15, 0.2) is 46.1 Å². The molecule has 0 saturated carbocycles. The zero-order chi connectivity index (χ0) is 17.3. The van der Waals surface area contributed by atoms with Gasteiger partial charge in [-0.1, -0.05) is 29.8 Å². The van der Waals surface area contributed by atoms with Gasteiger partial charge in [0.15, 0.2) is 6.03 Å². The van der Waals surface area contributed by atoms with E-state index >= 15 is 0 Å². The third-order valence-corrected chi connectivity index (χ3v) is 4.17. The molecule has 124 valence electrons. The second-order valence-corrected chi connectivity index (χ2v) is 7.11. The topological polar surface area (TPSA) is 111 Å². The van der Waals surface area contributed by atoms with Crippen molar-refractivity contribution < 1.29 is 52.3 Å². The molecule has 0 bridgehead atoms. The van der Waals surface area contributed by atoms with Crippen LogP contribution in [-0.2, 0) is 15.6 Å². The fourth-order valence-corrected chi connectivity index (χ4v) is 2.51. The molecule has 2 rings (SSSR count). The minimum Gasteiger partial charge on any atom is -0.452 e. The second kappa shape index (κ2) is 7.71. The van der Waals surface area contributed by atoms with E-state index in [1.807, 2.05) is 6.92 Å². The number of sulfonamides is 1. The van der Waals surface area contributed by atoms with Crippen molar-refractivity contribution in [3.05, 3.63) is 52.4 Å². The molecule has 1 aromatic carbocycles. The summed E-state index contributed by atoms with van der Waals surface area (Å²) >= 11 is 0. The molecule has 2 aromatic rings. The molecule has 1 aromatic heterocycles. The molecule has 24 heavy (non-hydrogen) atoms. The molecule has 2 N–H and O–H groups in total. The summed E-state index contributed by atoms with van der Waals surface area (Å²) in [5.41, 5.74) is 0.435. The van der Waals surface area contributed by atoms with E-state index in [9.17, 15) is 18.3 Å². The predicted molar refractivity (Wildman–Crippen MR) is 84.7 cm³/mol. The Morgan fingerprint density at radius 1 is 1.25 bits per heavy atom. The molecule has 0 atom stereocenters. The van der Waals surface area contributed by atoms with E-state index in [0.717, 1.165) is 17.9 Å². The van der Waals surface area contributed by atoms with Crippen LogP contribution in [0.3, 0.4) is 0 Å². The Balaban J connectivity index is 0.00000288. The second-order valence-electron chi connectivity index (χ2n) is 5.58. The number of hydrogen-bond acceptors (Lipinski definition) is 5. The van der Waals surface area contributed by atoms with E-state index in [2.05, 4.69) is 10.0 Å². The molecule has 2 amide bonds. The fraction of sp³-hybridized carbons (Fsp3) is 0.267. The number of anilines is 1. The van der Waals surface area contributed by atoms with Gasteiger partial charge in [-0.15, -0.1) is 0 Å². The van der Waals surface area contributed by atoms with Gasteiger partial charge in [-0.05, 0) is 26.5 Å². The van der Waals surface area contributed by atoms with Crippen LogP contribution in [0, 0.1) is 6.92 Å². The number of hydrogen-bond donors (Lipinski definition) is 2. The molecule has 0 fully saturated rings. The molecule has 0 unspecified atom stereocenters. The van der Waals surface area contributed by atoms with Crippen LogP contribution in [0.25, 0.3) is 4.72 Å². The number of nitrogens with zero attached hydrogens (tertiary/aromatic N) is 1. The summed E-state index contributed by atoms with van der Waals surface area (Å²) in [5, 5.41) is 11.7. The van der Waals surface area contributed by atoms with Crippen LogP contribution in [0.2, 0.25) is 0 Å². The number of amides is 2. The van der Waals surface area contributed by atoms with Crippen molar-refractivity contribution in [2.45, 2.75) is 31.5 Å². The maximum atomic E-state index is 12.0. The SMILES string of the molecule is Cc1ccc(NC(=O)[N-]S(=O)(=O)c2cc(C(C)(C)O)co2)cc1.[Na+]. The molecule has 0 saturated heterocycles. The molecule has 0 aliphatic carbocycles. The third kappa shape index (κ3) is 5.35. The minimum absolute atomic E-state index is 0. The van der Waals surface area contributed by atoms with E-state index in [0.29, 0.717) is 5.69 Å². The zero-order valence-electron chi connectivity index (χ0n) is 13.9. The van der Waals surface area contributed by atoms with E-state index in [4.69, 9.17) is 4.42 Å². The Bertz CT molecular complexity index is 807. The molecule has 0 spiro atoms. The molecular formula is C15H17N2NaO5S. The number of nitrogens with one attached hydrogen (secondary N) is 1. The summed E-state index contributed by atoms with van der Waals surface area (Å²) in [5.74, 6) is 0. The molecule has 9 heteroatoms. The quantitative estimate of drug-likeness (QED) is 0.752. The Hall–Kier alpha value is -1.32. The van der Waals surface area contributed by atoms with Gasteiger partial charge in [-0.3, -0.25) is 4.79 Å². The smallest absolute Gasteiger partial charge is 0.452 e. The summed E-state index contributed by atoms with van der Waals surface area (Å²) in [6.45, 7) is 4.85. The average molecular weight is 360 g/mol. The van der Waals surface area contributed by atoms with E-state index in [1.54, 1.807) is 24.3 Å². The van der Waals surface area contributed by atoms with Crippen LogP contribution in [0.1, 0.15) is 25.0 Å².